The number of anilines is 1. The van der Waals surface area contributed by atoms with Gasteiger partial charge in [-0.2, -0.15) is 0 Å². The minimum absolute atomic E-state index is 0.265. The molecule has 0 spiro atoms. The van der Waals surface area contributed by atoms with E-state index in [0.717, 1.165) is 11.3 Å². The lowest BCUT2D eigenvalue weighted by Crippen LogP contribution is -2.11. The lowest BCUT2D eigenvalue weighted by Gasteiger charge is -2.11. The number of rotatable bonds is 4. The van der Waals surface area contributed by atoms with Crippen molar-refractivity contribution in [1.82, 2.24) is 0 Å². The molecule has 0 aliphatic rings. The number of halogens is 2. The zero-order valence-corrected chi connectivity index (χ0v) is 12.5. The van der Waals surface area contributed by atoms with Crippen LogP contribution in [0.25, 0.3) is 0 Å². The maximum absolute atomic E-state index is 13.7. The van der Waals surface area contributed by atoms with Crippen molar-refractivity contribution in [2.45, 2.75) is 13.5 Å². The van der Waals surface area contributed by atoms with Gasteiger partial charge in [-0.05, 0) is 42.8 Å². The maximum Gasteiger partial charge on any atom is 0.248 e. The highest BCUT2D eigenvalue weighted by Crippen LogP contribution is 2.19. The summed E-state index contributed by atoms with van der Waals surface area (Å²) in [7, 11) is 0. The highest BCUT2D eigenvalue weighted by atomic mass is 79.9. The van der Waals surface area contributed by atoms with Crippen molar-refractivity contribution in [3.63, 3.8) is 0 Å². The maximum atomic E-state index is 13.7. The van der Waals surface area contributed by atoms with E-state index < -0.39 is 5.91 Å². The van der Waals surface area contributed by atoms with Crippen LogP contribution in [0, 0.1) is 12.7 Å². The molecule has 0 bridgehead atoms. The summed E-state index contributed by atoms with van der Waals surface area (Å²) < 4.78 is 14.4. The fourth-order valence-electron chi connectivity index (χ4n) is 1.87. The normalized spacial score (nSPS) is 10.3. The van der Waals surface area contributed by atoms with Crippen LogP contribution in [0.5, 0.6) is 0 Å². The zero-order valence-electron chi connectivity index (χ0n) is 10.9. The molecule has 1 amide bonds. The Balaban J connectivity index is 2.13. The lowest BCUT2D eigenvalue weighted by molar-refractivity contribution is 0.1000. The smallest absolute Gasteiger partial charge is 0.248 e. The lowest BCUT2D eigenvalue weighted by atomic mass is 10.1. The number of aryl methyl sites for hydroxylation is 1. The van der Waals surface area contributed by atoms with Crippen molar-refractivity contribution in [2.75, 3.05) is 5.32 Å². The molecule has 0 unspecified atom stereocenters. The second-order valence-electron chi connectivity index (χ2n) is 4.48. The molecule has 0 atom stereocenters. The number of carbonyl (C=O) groups is 1. The molecule has 0 aliphatic carbocycles. The third-order valence-electron chi connectivity index (χ3n) is 3.00. The Morgan fingerprint density at radius 3 is 2.65 bits per heavy atom. The average Bonchev–Trinajstić information content (AvgIpc) is 2.38. The van der Waals surface area contributed by atoms with Gasteiger partial charge in [0.2, 0.25) is 5.91 Å². The third-order valence-corrected chi connectivity index (χ3v) is 3.49. The van der Waals surface area contributed by atoms with Crippen LogP contribution in [0.15, 0.2) is 40.9 Å². The van der Waals surface area contributed by atoms with E-state index in [2.05, 4.69) is 21.2 Å². The second-order valence-corrected chi connectivity index (χ2v) is 5.40. The molecule has 20 heavy (non-hydrogen) atoms. The Bertz CT molecular complexity index is 658. The minimum atomic E-state index is -0.460. The van der Waals surface area contributed by atoms with Gasteiger partial charge in [0, 0.05) is 27.8 Å². The summed E-state index contributed by atoms with van der Waals surface area (Å²) in [5.41, 5.74) is 7.99. The van der Waals surface area contributed by atoms with Gasteiger partial charge < -0.3 is 11.1 Å². The van der Waals surface area contributed by atoms with E-state index in [1.807, 2.05) is 6.92 Å². The molecule has 5 heteroatoms. The first-order valence-electron chi connectivity index (χ1n) is 6.05. The molecule has 0 fully saturated rings. The summed E-state index contributed by atoms with van der Waals surface area (Å²) in [6, 6.07) is 10.1. The standard InChI is InChI=1S/C15H14BrFN2O/c1-9-6-10(15(18)20)3-5-14(9)19-8-11-2-4-12(16)7-13(11)17/h2-7,19H,8H2,1H3,(H2,18,20). The van der Waals surface area contributed by atoms with Crippen molar-refractivity contribution in [3.8, 4) is 0 Å². The fourth-order valence-corrected chi connectivity index (χ4v) is 2.20. The summed E-state index contributed by atoms with van der Waals surface area (Å²) in [5, 5.41) is 3.15. The summed E-state index contributed by atoms with van der Waals surface area (Å²) >= 11 is 3.22. The van der Waals surface area contributed by atoms with Gasteiger partial charge >= 0.3 is 0 Å². The van der Waals surface area contributed by atoms with Crippen molar-refractivity contribution in [1.29, 1.82) is 0 Å². The van der Waals surface area contributed by atoms with Gasteiger partial charge in [0.05, 0.1) is 0 Å². The van der Waals surface area contributed by atoms with Gasteiger partial charge in [0.1, 0.15) is 5.82 Å². The number of nitrogens with two attached hydrogens (primary N) is 1. The SMILES string of the molecule is Cc1cc(C(N)=O)ccc1NCc1ccc(Br)cc1F. The van der Waals surface area contributed by atoms with E-state index in [1.165, 1.54) is 6.07 Å². The fraction of sp³-hybridized carbons (Fsp3) is 0.133. The van der Waals surface area contributed by atoms with Gasteiger partial charge in [-0.15, -0.1) is 0 Å². The molecule has 0 heterocycles. The second kappa shape index (κ2) is 6.05. The third kappa shape index (κ3) is 3.36. The van der Waals surface area contributed by atoms with Crippen LogP contribution in [0.2, 0.25) is 0 Å². The van der Waals surface area contributed by atoms with Crippen LogP contribution in [-0.2, 0) is 6.54 Å². The van der Waals surface area contributed by atoms with Crippen molar-refractivity contribution in [2.24, 2.45) is 5.73 Å². The van der Waals surface area contributed by atoms with E-state index in [1.54, 1.807) is 30.3 Å². The summed E-state index contributed by atoms with van der Waals surface area (Å²) in [4.78, 5) is 11.1. The molecule has 0 radical (unpaired) electrons. The van der Waals surface area contributed by atoms with Gasteiger partial charge in [-0.1, -0.05) is 22.0 Å². The number of benzene rings is 2. The first-order valence-corrected chi connectivity index (χ1v) is 6.85. The van der Waals surface area contributed by atoms with Crippen LogP contribution >= 0.6 is 15.9 Å². The van der Waals surface area contributed by atoms with E-state index in [-0.39, 0.29) is 5.82 Å². The Labute approximate surface area is 125 Å². The molecule has 0 aliphatic heterocycles. The first kappa shape index (κ1) is 14.5. The average molecular weight is 337 g/mol. The summed E-state index contributed by atoms with van der Waals surface area (Å²) in [6.45, 7) is 2.24. The minimum Gasteiger partial charge on any atom is -0.381 e. The first-order chi connectivity index (χ1) is 9.47. The Hall–Kier alpha value is -1.88. The molecule has 0 aromatic heterocycles. The van der Waals surface area contributed by atoms with Crippen molar-refractivity contribution < 1.29 is 9.18 Å². The van der Waals surface area contributed by atoms with Crippen LogP contribution in [0.4, 0.5) is 10.1 Å². The van der Waals surface area contributed by atoms with Crippen LogP contribution in [0.3, 0.4) is 0 Å². The Morgan fingerprint density at radius 1 is 1.30 bits per heavy atom. The summed E-state index contributed by atoms with van der Waals surface area (Å²) in [5.74, 6) is -0.725. The highest BCUT2D eigenvalue weighted by Gasteiger charge is 2.06. The number of nitrogens with one attached hydrogen (secondary N) is 1. The Kier molecular flexibility index (Phi) is 4.39. The molecule has 0 saturated carbocycles. The van der Waals surface area contributed by atoms with Gasteiger partial charge in [0.15, 0.2) is 0 Å². The molecule has 3 N–H and O–H groups in total. The predicted octanol–water partition coefficient (Wildman–Crippen LogP) is 3.61. The van der Waals surface area contributed by atoms with E-state index >= 15 is 0 Å². The molecule has 2 aromatic carbocycles. The molecular weight excluding hydrogens is 323 g/mol. The molecule has 2 aromatic rings. The van der Waals surface area contributed by atoms with Crippen LogP contribution < -0.4 is 11.1 Å². The number of primary amides is 1. The number of hydrogen-bond acceptors (Lipinski definition) is 2. The number of amides is 1. The predicted molar refractivity (Wildman–Crippen MR) is 81.1 cm³/mol. The molecule has 0 saturated heterocycles. The van der Waals surface area contributed by atoms with E-state index in [4.69, 9.17) is 5.73 Å². The van der Waals surface area contributed by atoms with Crippen molar-refractivity contribution >= 4 is 27.5 Å². The molecule has 2 rings (SSSR count). The largest absolute Gasteiger partial charge is 0.381 e. The highest BCUT2D eigenvalue weighted by molar-refractivity contribution is 9.10. The topological polar surface area (TPSA) is 55.1 Å². The van der Waals surface area contributed by atoms with E-state index in [0.29, 0.717) is 22.1 Å². The number of carbonyl (C=O) groups excluding carboxylic acids is 1. The van der Waals surface area contributed by atoms with Crippen LogP contribution in [0.1, 0.15) is 21.5 Å². The molecule has 104 valence electrons. The van der Waals surface area contributed by atoms with Gasteiger partial charge in [0.25, 0.3) is 0 Å². The zero-order chi connectivity index (χ0) is 14.7. The number of hydrogen-bond donors (Lipinski definition) is 2. The van der Waals surface area contributed by atoms with E-state index in [9.17, 15) is 9.18 Å². The van der Waals surface area contributed by atoms with Crippen LogP contribution in [-0.4, -0.2) is 5.91 Å². The monoisotopic (exact) mass is 336 g/mol. The van der Waals surface area contributed by atoms with Gasteiger partial charge in [-0.25, -0.2) is 4.39 Å². The Morgan fingerprint density at radius 2 is 2.05 bits per heavy atom. The van der Waals surface area contributed by atoms with Gasteiger partial charge in [-0.3, -0.25) is 4.79 Å². The van der Waals surface area contributed by atoms with Crippen molar-refractivity contribution in [3.05, 3.63) is 63.4 Å². The molecule has 3 nitrogen and oxygen atoms in total. The quantitative estimate of drug-likeness (QED) is 0.896. The summed E-state index contributed by atoms with van der Waals surface area (Å²) in [6.07, 6.45) is 0. The molecular formula is C15H14BrFN2O.